The monoisotopic (exact) mass is 404 g/mol. The molecule has 2 unspecified atom stereocenters. The molecule has 0 amide bonds. The third kappa shape index (κ3) is 5.69. The predicted molar refractivity (Wildman–Crippen MR) is 113 cm³/mol. The summed E-state index contributed by atoms with van der Waals surface area (Å²) in [7, 11) is 0. The maximum absolute atomic E-state index is 14.6. The standard InChI is InChI=1S/C25H34F2O2/c1-3-5-6-7-21-13-12-20(17-29-21)18-8-10-19(11-9-18)22-14-15-23(28-16-4-2)25(27)24(22)26/h3-5,14-15,18-21H,2,6-13,16-17H2,1H3/b5-3+. The van der Waals surface area contributed by atoms with Gasteiger partial charge in [0.2, 0.25) is 5.82 Å². The summed E-state index contributed by atoms with van der Waals surface area (Å²) in [4.78, 5) is 0. The van der Waals surface area contributed by atoms with E-state index in [-0.39, 0.29) is 18.3 Å². The molecule has 0 radical (unpaired) electrons. The first kappa shape index (κ1) is 22.0. The van der Waals surface area contributed by atoms with Crippen LogP contribution < -0.4 is 4.74 Å². The van der Waals surface area contributed by atoms with E-state index in [4.69, 9.17) is 9.47 Å². The quantitative estimate of drug-likeness (QED) is 0.436. The minimum atomic E-state index is -0.879. The van der Waals surface area contributed by atoms with E-state index >= 15 is 0 Å². The number of ether oxygens (including phenoxy) is 2. The van der Waals surface area contributed by atoms with Gasteiger partial charge >= 0.3 is 0 Å². The highest BCUT2D eigenvalue weighted by molar-refractivity contribution is 5.33. The molecule has 4 heteroatoms. The second kappa shape index (κ2) is 10.9. The minimum absolute atomic E-state index is 0.0387. The highest BCUT2D eigenvalue weighted by atomic mass is 19.2. The molecule has 1 aromatic carbocycles. The predicted octanol–water partition coefficient (Wildman–Crippen LogP) is 6.95. The van der Waals surface area contributed by atoms with Gasteiger partial charge in [-0.3, -0.25) is 0 Å². The van der Waals surface area contributed by atoms with E-state index in [9.17, 15) is 8.78 Å². The summed E-state index contributed by atoms with van der Waals surface area (Å²) in [5.74, 6) is -0.317. The van der Waals surface area contributed by atoms with Crippen molar-refractivity contribution in [3.05, 3.63) is 54.1 Å². The van der Waals surface area contributed by atoms with Gasteiger partial charge in [-0.15, -0.1) is 0 Å². The van der Waals surface area contributed by atoms with Crippen molar-refractivity contribution in [1.82, 2.24) is 0 Å². The lowest BCUT2D eigenvalue weighted by atomic mass is 9.72. The van der Waals surface area contributed by atoms with Gasteiger partial charge in [0.1, 0.15) is 6.61 Å². The number of rotatable bonds is 8. The molecular formula is C25H34F2O2. The zero-order valence-corrected chi connectivity index (χ0v) is 17.5. The summed E-state index contributed by atoms with van der Waals surface area (Å²) in [6.45, 7) is 6.61. The maximum Gasteiger partial charge on any atom is 0.200 e. The molecule has 0 spiro atoms. The van der Waals surface area contributed by atoms with Crippen LogP contribution in [-0.4, -0.2) is 19.3 Å². The van der Waals surface area contributed by atoms with Crippen molar-refractivity contribution in [1.29, 1.82) is 0 Å². The molecule has 1 heterocycles. The van der Waals surface area contributed by atoms with E-state index in [1.165, 1.54) is 12.5 Å². The fourth-order valence-corrected chi connectivity index (χ4v) is 4.90. The molecular weight excluding hydrogens is 370 g/mol. The van der Waals surface area contributed by atoms with Crippen LogP contribution >= 0.6 is 0 Å². The molecule has 0 bridgehead atoms. The van der Waals surface area contributed by atoms with Crippen LogP contribution in [0.4, 0.5) is 8.78 Å². The van der Waals surface area contributed by atoms with Gasteiger partial charge in [-0.2, -0.15) is 4.39 Å². The van der Waals surface area contributed by atoms with E-state index in [1.54, 1.807) is 12.1 Å². The summed E-state index contributed by atoms with van der Waals surface area (Å²) in [6, 6.07) is 3.24. The van der Waals surface area contributed by atoms with Gasteiger partial charge in [0.25, 0.3) is 0 Å². The lowest BCUT2D eigenvalue weighted by Crippen LogP contribution is -2.32. The third-order valence-corrected chi connectivity index (χ3v) is 6.61. The van der Waals surface area contributed by atoms with Gasteiger partial charge in [-0.1, -0.05) is 30.9 Å². The van der Waals surface area contributed by atoms with Crippen LogP contribution in [-0.2, 0) is 4.74 Å². The van der Waals surface area contributed by atoms with Gasteiger partial charge < -0.3 is 9.47 Å². The Morgan fingerprint density at radius 3 is 2.48 bits per heavy atom. The zero-order valence-electron chi connectivity index (χ0n) is 17.5. The summed E-state index contributed by atoms with van der Waals surface area (Å²) in [5, 5.41) is 0. The molecule has 29 heavy (non-hydrogen) atoms. The summed E-state index contributed by atoms with van der Waals surface area (Å²) in [6.07, 6.45) is 14.8. The van der Waals surface area contributed by atoms with Crippen molar-refractivity contribution in [2.45, 2.75) is 70.3 Å². The molecule has 1 aliphatic carbocycles. The number of hydrogen-bond donors (Lipinski definition) is 0. The summed E-state index contributed by atoms with van der Waals surface area (Å²) < 4.78 is 40.2. The van der Waals surface area contributed by atoms with Gasteiger partial charge in [-0.05, 0) is 87.7 Å². The Balaban J connectivity index is 1.50. The van der Waals surface area contributed by atoms with Crippen LogP contribution in [0.1, 0.15) is 69.8 Å². The van der Waals surface area contributed by atoms with Crippen molar-refractivity contribution >= 4 is 0 Å². The molecule has 2 fully saturated rings. The van der Waals surface area contributed by atoms with Crippen molar-refractivity contribution in [2.24, 2.45) is 11.8 Å². The van der Waals surface area contributed by atoms with E-state index in [1.807, 2.05) is 0 Å². The lowest BCUT2D eigenvalue weighted by Gasteiger charge is -2.38. The van der Waals surface area contributed by atoms with Crippen molar-refractivity contribution in [2.75, 3.05) is 13.2 Å². The lowest BCUT2D eigenvalue weighted by molar-refractivity contribution is -0.0402. The molecule has 1 saturated carbocycles. The molecule has 2 nitrogen and oxygen atoms in total. The average molecular weight is 405 g/mol. The Morgan fingerprint density at radius 1 is 1.07 bits per heavy atom. The molecule has 0 aromatic heterocycles. The second-order valence-corrected chi connectivity index (χ2v) is 8.43. The molecule has 1 saturated heterocycles. The SMILES string of the molecule is C=CCOc1ccc(C2CCC(C3CCC(CC/C=C/C)OC3)CC2)c(F)c1F. The van der Waals surface area contributed by atoms with E-state index < -0.39 is 11.6 Å². The zero-order chi connectivity index (χ0) is 20.6. The molecule has 160 valence electrons. The van der Waals surface area contributed by atoms with Crippen LogP contribution in [0.25, 0.3) is 0 Å². The Labute approximate surface area is 174 Å². The highest BCUT2D eigenvalue weighted by Gasteiger charge is 2.33. The fourth-order valence-electron chi connectivity index (χ4n) is 4.90. The second-order valence-electron chi connectivity index (χ2n) is 8.43. The Bertz CT molecular complexity index is 684. The van der Waals surface area contributed by atoms with Crippen LogP contribution in [0.2, 0.25) is 0 Å². The number of hydrogen-bond acceptors (Lipinski definition) is 2. The van der Waals surface area contributed by atoms with Gasteiger partial charge in [0.15, 0.2) is 11.6 Å². The van der Waals surface area contributed by atoms with Crippen molar-refractivity contribution < 1.29 is 18.3 Å². The molecule has 1 aromatic rings. The summed E-state index contributed by atoms with van der Waals surface area (Å²) >= 11 is 0. The normalized spacial score (nSPS) is 27.8. The highest BCUT2D eigenvalue weighted by Crippen LogP contribution is 2.43. The first-order valence-electron chi connectivity index (χ1n) is 11.1. The van der Waals surface area contributed by atoms with Crippen LogP contribution in [0.15, 0.2) is 36.9 Å². The first-order valence-corrected chi connectivity index (χ1v) is 11.1. The van der Waals surface area contributed by atoms with Crippen LogP contribution in [0, 0.1) is 23.5 Å². The largest absolute Gasteiger partial charge is 0.486 e. The molecule has 2 aliphatic rings. The Kier molecular flexibility index (Phi) is 8.29. The maximum atomic E-state index is 14.6. The number of halogens is 2. The third-order valence-electron chi connectivity index (χ3n) is 6.61. The Morgan fingerprint density at radius 2 is 1.83 bits per heavy atom. The topological polar surface area (TPSA) is 18.5 Å². The average Bonchev–Trinajstić information content (AvgIpc) is 2.76. The van der Waals surface area contributed by atoms with Crippen molar-refractivity contribution in [3.63, 3.8) is 0 Å². The first-order chi connectivity index (χ1) is 14.1. The van der Waals surface area contributed by atoms with Crippen LogP contribution in [0.3, 0.4) is 0 Å². The van der Waals surface area contributed by atoms with Crippen molar-refractivity contribution in [3.8, 4) is 5.75 Å². The number of benzene rings is 1. The molecule has 2 atom stereocenters. The van der Waals surface area contributed by atoms with E-state index in [2.05, 4.69) is 25.7 Å². The van der Waals surface area contributed by atoms with Gasteiger partial charge in [0.05, 0.1) is 12.7 Å². The van der Waals surface area contributed by atoms with E-state index in [0.717, 1.165) is 51.6 Å². The van der Waals surface area contributed by atoms with E-state index in [0.29, 0.717) is 23.5 Å². The molecule has 0 N–H and O–H groups in total. The van der Waals surface area contributed by atoms with Gasteiger partial charge in [-0.25, -0.2) is 4.39 Å². The minimum Gasteiger partial charge on any atom is -0.486 e. The molecule has 3 rings (SSSR count). The smallest absolute Gasteiger partial charge is 0.200 e. The fraction of sp³-hybridized carbons (Fsp3) is 0.600. The number of allylic oxidation sites excluding steroid dienone is 2. The van der Waals surface area contributed by atoms with Crippen LogP contribution in [0.5, 0.6) is 5.75 Å². The Hall–Kier alpha value is -1.68. The summed E-state index contributed by atoms with van der Waals surface area (Å²) in [5.41, 5.74) is 0.496. The molecule has 1 aliphatic heterocycles. The van der Waals surface area contributed by atoms with Gasteiger partial charge in [0, 0.05) is 0 Å².